The molecule has 2 aromatic carbocycles. The lowest BCUT2D eigenvalue weighted by Gasteiger charge is -2.22. The second-order valence-corrected chi connectivity index (χ2v) is 5.89. The zero-order valence-corrected chi connectivity index (χ0v) is 14.4. The molecule has 1 aromatic heterocycles. The molecule has 4 heteroatoms. The Morgan fingerprint density at radius 2 is 1.80 bits per heavy atom. The van der Waals surface area contributed by atoms with Gasteiger partial charge in [0.25, 0.3) is 5.91 Å². The van der Waals surface area contributed by atoms with Crippen molar-refractivity contribution in [1.29, 1.82) is 0 Å². The Morgan fingerprint density at radius 1 is 1.00 bits per heavy atom. The lowest BCUT2D eigenvalue weighted by molar-refractivity contribution is 0.0716. The van der Waals surface area contributed by atoms with Gasteiger partial charge in [0.15, 0.2) is 0 Å². The number of methoxy groups -OCH3 is 1. The van der Waals surface area contributed by atoms with Gasteiger partial charge in [-0.3, -0.25) is 4.79 Å². The molecule has 0 atom stereocenters. The highest BCUT2D eigenvalue weighted by Crippen LogP contribution is 2.19. The molecule has 3 aromatic rings. The lowest BCUT2D eigenvalue weighted by atomic mass is 10.1. The summed E-state index contributed by atoms with van der Waals surface area (Å²) in [5.41, 5.74) is 1.67. The first kappa shape index (κ1) is 16.8. The van der Waals surface area contributed by atoms with Gasteiger partial charge in [-0.15, -0.1) is 0 Å². The van der Waals surface area contributed by atoms with Gasteiger partial charge in [0.2, 0.25) is 0 Å². The molecule has 0 saturated heterocycles. The van der Waals surface area contributed by atoms with Gasteiger partial charge in [-0.1, -0.05) is 36.4 Å². The van der Waals surface area contributed by atoms with Crippen LogP contribution in [-0.4, -0.2) is 17.9 Å². The summed E-state index contributed by atoms with van der Waals surface area (Å²) in [6.07, 6.45) is 0. The van der Waals surface area contributed by atoms with Gasteiger partial charge in [0.1, 0.15) is 17.3 Å². The molecule has 0 bridgehead atoms. The van der Waals surface area contributed by atoms with E-state index in [4.69, 9.17) is 9.15 Å². The molecule has 0 unspecified atom stereocenters. The maximum Gasteiger partial charge on any atom is 0.254 e. The van der Waals surface area contributed by atoms with Gasteiger partial charge in [-0.05, 0) is 42.8 Å². The van der Waals surface area contributed by atoms with Crippen LogP contribution in [0.4, 0.5) is 0 Å². The van der Waals surface area contributed by atoms with Crippen molar-refractivity contribution >= 4 is 5.91 Å². The summed E-state index contributed by atoms with van der Waals surface area (Å²) >= 11 is 0. The second-order valence-electron chi connectivity index (χ2n) is 5.89. The fraction of sp³-hybridized carbons (Fsp3) is 0.190. The summed E-state index contributed by atoms with van der Waals surface area (Å²) in [5, 5.41) is 0. The number of furan rings is 1. The number of hydrogen-bond acceptors (Lipinski definition) is 3. The summed E-state index contributed by atoms with van der Waals surface area (Å²) in [6.45, 7) is 2.82. The van der Waals surface area contributed by atoms with Crippen LogP contribution in [0.1, 0.15) is 27.4 Å². The smallest absolute Gasteiger partial charge is 0.254 e. The number of aryl methyl sites for hydroxylation is 1. The lowest BCUT2D eigenvalue weighted by Crippen LogP contribution is -2.30. The van der Waals surface area contributed by atoms with Crippen LogP contribution in [0.3, 0.4) is 0 Å². The summed E-state index contributed by atoms with van der Waals surface area (Å²) in [4.78, 5) is 14.8. The predicted octanol–water partition coefficient (Wildman–Crippen LogP) is 4.44. The number of carbonyl (C=O) groups excluding carboxylic acids is 1. The van der Waals surface area contributed by atoms with Crippen molar-refractivity contribution in [2.45, 2.75) is 20.0 Å². The van der Waals surface area contributed by atoms with Crippen LogP contribution in [0.15, 0.2) is 71.1 Å². The zero-order valence-electron chi connectivity index (χ0n) is 14.4. The zero-order chi connectivity index (χ0) is 17.6. The molecule has 0 N–H and O–H groups in total. The third-order valence-corrected chi connectivity index (χ3v) is 3.96. The van der Waals surface area contributed by atoms with Gasteiger partial charge in [-0.2, -0.15) is 0 Å². The predicted molar refractivity (Wildman–Crippen MR) is 96.5 cm³/mol. The largest absolute Gasteiger partial charge is 0.497 e. The molecule has 25 heavy (non-hydrogen) atoms. The van der Waals surface area contributed by atoms with Crippen molar-refractivity contribution in [2.24, 2.45) is 0 Å². The van der Waals surface area contributed by atoms with Gasteiger partial charge in [0.05, 0.1) is 13.7 Å². The standard InChI is InChI=1S/C21H21NO3/c1-16-11-12-20(25-16)15-22(14-17-7-4-3-5-8-17)21(23)18-9-6-10-19(13-18)24-2/h3-13H,14-15H2,1-2H3. The van der Waals surface area contributed by atoms with Crippen molar-refractivity contribution in [3.05, 3.63) is 89.4 Å². The summed E-state index contributed by atoms with van der Waals surface area (Å²) in [6, 6.07) is 21.0. The molecule has 0 aliphatic carbocycles. The fourth-order valence-corrected chi connectivity index (χ4v) is 2.70. The van der Waals surface area contributed by atoms with E-state index in [0.717, 1.165) is 17.1 Å². The molecule has 128 valence electrons. The Hall–Kier alpha value is -3.01. The average Bonchev–Trinajstić information content (AvgIpc) is 3.06. The first-order valence-electron chi connectivity index (χ1n) is 8.18. The van der Waals surface area contributed by atoms with E-state index in [0.29, 0.717) is 24.4 Å². The van der Waals surface area contributed by atoms with E-state index in [2.05, 4.69) is 0 Å². The summed E-state index contributed by atoms with van der Waals surface area (Å²) in [5.74, 6) is 2.21. The number of nitrogens with zero attached hydrogens (tertiary/aromatic N) is 1. The molecule has 0 aliphatic rings. The van der Waals surface area contributed by atoms with Crippen LogP contribution >= 0.6 is 0 Å². The minimum Gasteiger partial charge on any atom is -0.497 e. The van der Waals surface area contributed by atoms with Crippen LogP contribution in [-0.2, 0) is 13.1 Å². The SMILES string of the molecule is COc1cccc(C(=O)N(Cc2ccccc2)Cc2ccc(C)o2)c1. The number of hydrogen-bond donors (Lipinski definition) is 0. The quantitative estimate of drug-likeness (QED) is 0.669. The van der Waals surface area contributed by atoms with E-state index in [1.54, 1.807) is 24.1 Å². The van der Waals surface area contributed by atoms with Crippen molar-refractivity contribution < 1.29 is 13.9 Å². The van der Waals surface area contributed by atoms with E-state index in [9.17, 15) is 4.79 Å². The topological polar surface area (TPSA) is 42.7 Å². The van der Waals surface area contributed by atoms with Crippen LogP contribution < -0.4 is 4.74 Å². The van der Waals surface area contributed by atoms with Crippen LogP contribution in [0.5, 0.6) is 5.75 Å². The number of carbonyl (C=O) groups is 1. The van der Waals surface area contributed by atoms with E-state index >= 15 is 0 Å². The van der Waals surface area contributed by atoms with Crippen molar-refractivity contribution in [3.8, 4) is 5.75 Å². The molecule has 0 saturated carbocycles. The Bertz CT molecular complexity index is 839. The van der Waals surface area contributed by atoms with Gasteiger partial charge in [-0.25, -0.2) is 0 Å². The van der Waals surface area contributed by atoms with Gasteiger partial charge >= 0.3 is 0 Å². The maximum absolute atomic E-state index is 13.1. The normalized spacial score (nSPS) is 10.5. The number of ether oxygens (including phenoxy) is 1. The van der Waals surface area contributed by atoms with E-state index in [1.165, 1.54) is 0 Å². The Kier molecular flexibility index (Phi) is 5.19. The van der Waals surface area contributed by atoms with Crippen LogP contribution in [0, 0.1) is 6.92 Å². The first-order valence-corrected chi connectivity index (χ1v) is 8.18. The van der Waals surface area contributed by atoms with Crippen molar-refractivity contribution in [2.75, 3.05) is 7.11 Å². The summed E-state index contributed by atoms with van der Waals surface area (Å²) in [7, 11) is 1.59. The molecule has 4 nitrogen and oxygen atoms in total. The van der Waals surface area contributed by atoms with Crippen LogP contribution in [0.25, 0.3) is 0 Å². The average molecular weight is 335 g/mol. The van der Waals surface area contributed by atoms with Gasteiger partial charge in [0, 0.05) is 12.1 Å². The monoisotopic (exact) mass is 335 g/mol. The molecular weight excluding hydrogens is 314 g/mol. The molecule has 1 amide bonds. The molecule has 0 aliphatic heterocycles. The number of rotatable bonds is 6. The Labute approximate surface area is 147 Å². The minimum atomic E-state index is -0.0585. The molecular formula is C21H21NO3. The van der Waals surface area contributed by atoms with Crippen molar-refractivity contribution in [3.63, 3.8) is 0 Å². The molecule has 0 spiro atoms. The highest BCUT2D eigenvalue weighted by atomic mass is 16.5. The van der Waals surface area contributed by atoms with E-state index in [-0.39, 0.29) is 5.91 Å². The van der Waals surface area contributed by atoms with Crippen LogP contribution in [0.2, 0.25) is 0 Å². The highest BCUT2D eigenvalue weighted by Gasteiger charge is 2.18. The van der Waals surface area contributed by atoms with Crippen molar-refractivity contribution in [1.82, 2.24) is 4.90 Å². The van der Waals surface area contributed by atoms with E-state index < -0.39 is 0 Å². The fourth-order valence-electron chi connectivity index (χ4n) is 2.70. The van der Waals surface area contributed by atoms with E-state index in [1.807, 2.05) is 61.5 Å². The number of amides is 1. The number of benzene rings is 2. The molecule has 1 heterocycles. The third kappa shape index (κ3) is 4.29. The molecule has 0 radical (unpaired) electrons. The molecule has 3 rings (SSSR count). The first-order chi connectivity index (χ1) is 12.2. The Morgan fingerprint density at radius 3 is 2.48 bits per heavy atom. The Balaban J connectivity index is 1.87. The molecule has 0 fully saturated rings. The maximum atomic E-state index is 13.1. The van der Waals surface area contributed by atoms with Gasteiger partial charge < -0.3 is 14.1 Å². The second kappa shape index (κ2) is 7.71. The third-order valence-electron chi connectivity index (χ3n) is 3.96. The highest BCUT2D eigenvalue weighted by molar-refractivity contribution is 5.94. The summed E-state index contributed by atoms with van der Waals surface area (Å²) < 4.78 is 10.9. The minimum absolute atomic E-state index is 0.0585.